The number of hydrogen-bond donors (Lipinski definition) is 0. The van der Waals surface area contributed by atoms with Gasteiger partial charge in [0.1, 0.15) is 5.69 Å². The molecule has 5 nitrogen and oxygen atoms in total. The molecule has 0 aromatic carbocycles. The van der Waals surface area contributed by atoms with Gasteiger partial charge in [-0.2, -0.15) is 0 Å². The van der Waals surface area contributed by atoms with Crippen LogP contribution in [0.2, 0.25) is 0 Å². The first-order chi connectivity index (χ1) is 8.81. The Kier molecular flexibility index (Phi) is 2.83. The summed E-state index contributed by atoms with van der Waals surface area (Å²) in [5.41, 5.74) is 2.45. The molecular weight excluding hydrogens is 232 g/mol. The number of fused-ring (bicyclic) bond motifs is 1. The van der Waals surface area contributed by atoms with E-state index >= 15 is 0 Å². The van der Waals surface area contributed by atoms with E-state index < -0.39 is 0 Å². The number of aromatic nitrogens is 1. The molecule has 0 saturated carbocycles. The minimum absolute atomic E-state index is 0.0616. The van der Waals surface area contributed by atoms with Gasteiger partial charge in [0.2, 0.25) is 0 Å². The maximum absolute atomic E-state index is 12.5. The van der Waals surface area contributed by atoms with E-state index in [1.165, 1.54) is 0 Å². The van der Waals surface area contributed by atoms with E-state index in [4.69, 9.17) is 9.15 Å². The Labute approximate surface area is 105 Å². The zero-order valence-corrected chi connectivity index (χ0v) is 10.4. The summed E-state index contributed by atoms with van der Waals surface area (Å²) in [5.74, 6) is 0.0616. The molecule has 1 aliphatic rings. The van der Waals surface area contributed by atoms with Gasteiger partial charge in [0.25, 0.3) is 5.91 Å². The van der Waals surface area contributed by atoms with Crippen molar-refractivity contribution in [3.05, 3.63) is 24.1 Å². The van der Waals surface area contributed by atoms with Gasteiger partial charge in [-0.3, -0.25) is 4.79 Å². The van der Waals surface area contributed by atoms with Gasteiger partial charge in [0.05, 0.1) is 25.0 Å². The van der Waals surface area contributed by atoms with E-state index in [0.29, 0.717) is 32.0 Å². The number of nitrogens with zero attached hydrogens (tertiary/aromatic N) is 2. The highest BCUT2D eigenvalue weighted by molar-refractivity contribution is 5.97. The Morgan fingerprint density at radius 3 is 2.89 bits per heavy atom. The third kappa shape index (κ3) is 1.71. The molecule has 2 aromatic heterocycles. The zero-order chi connectivity index (χ0) is 12.5. The molecule has 0 unspecified atom stereocenters. The molecule has 1 aliphatic heterocycles. The summed E-state index contributed by atoms with van der Waals surface area (Å²) in [5, 5.41) is 0. The lowest BCUT2D eigenvalue weighted by Crippen LogP contribution is -2.41. The smallest absolute Gasteiger partial charge is 0.270 e. The van der Waals surface area contributed by atoms with Crippen molar-refractivity contribution in [3.63, 3.8) is 0 Å². The van der Waals surface area contributed by atoms with Gasteiger partial charge in [-0.25, -0.2) is 0 Å². The van der Waals surface area contributed by atoms with Crippen LogP contribution in [0.5, 0.6) is 0 Å². The summed E-state index contributed by atoms with van der Waals surface area (Å²) < 4.78 is 12.6. The molecule has 1 amide bonds. The first-order valence-electron chi connectivity index (χ1n) is 6.25. The largest absolute Gasteiger partial charge is 0.463 e. The van der Waals surface area contributed by atoms with Crippen molar-refractivity contribution in [2.45, 2.75) is 13.5 Å². The Hall–Kier alpha value is -1.75. The summed E-state index contributed by atoms with van der Waals surface area (Å²) in [6.07, 6.45) is 1.65. The second kappa shape index (κ2) is 4.49. The van der Waals surface area contributed by atoms with Gasteiger partial charge in [0, 0.05) is 31.8 Å². The summed E-state index contributed by atoms with van der Waals surface area (Å²) in [4.78, 5) is 14.3. The van der Waals surface area contributed by atoms with Crippen LogP contribution in [0.15, 0.2) is 22.8 Å². The number of morpholine rings is 1. The molecule has 5 heteroatoms. The molecule has 3 rings (SSSR count). The molecule has 0 radical (unpaired) electrons. The van der Waals surface area contributed by atoms with Gasteiger partial charge in [-0.15, -0.1) is 0 Å². The fourth-order valence-electron chi connectivity index (χ4n) is 2.42. The topological polar surface area (TPSA) is 47.6 Å². The van der Waals surface area contributed by atoms with Crippen LogP contribution in [0, 0.1) is 0 Å². The average molecular weight is 248 g/mol. The van der Waals surface area contributed by atoms with E-state index in [2.05, 4.69) is 0 Å². The summed E-state index contributed by atoms with van der Waals surface area (Å²) in [6, 6.07) is 3.73. The maximum atomic E-state index is 12.5. The van der Waals surface area contributed by atoms with Gasteiger partial charge in [0.15, 0.2) is 5.58 Å². The van der Waals surface area contributed by atoms with Crippen LogP contribution in [0.1, 0.15) is 17.4 Å². The summed E-state index contributed by atoms with van der Waals surface area (Å²) in [6.45, 7) is 5.35. The number of ether oxygens (including phenoxy) is 1. The predicted octanol–water partition coefficient (Wildman–Crippen LogP) is 1.73. The molecule has 0 N–H and O–H groups in total. The van der Waals surface area contributed by atoms with Gasteiger partial charge < -0.3 is 18.6 Å². The lowest BCUT2D eigenvalue weighted by Gasteiger charge is -2.27. The molecule has 2 aromatic rings. The number of hydrogen-bond acceptors (Lipinski definition) is 3. The number of carbonyl (C=O) groups excluding carboxylic acids is 1. The van der Waals surface area contributed by atoms with E-state index in [9.17, 15) is 4.79 Å². The Morgan fingerprint density at radius 2 is 2.17 bits per heavy atom. The Balaban J connectivity index is 1.97. The van der Waals surface area contributed by atoms with Gasteiger partial charge in [-0.05, 0) is 6.92 Å². The van der Waals surface area contributed by atoms with Crippen LogP contribution in [0.3, 0.4) is 0 Å². The van der Waals surface area contributed by atoms with Gasteiger partial charge >= 0.3 is 0 Å². The molecule has 0 bridgehead atoms. The Morgan fingerprint density at radius 1 is 1.39 bits per heavy atom. The minimum Gasteiger partial charge on any atom is -0.463 e. The summed E-state index contributed by atoms with van der Waals surface area (Å²) in [7, 11) is 0. The average Bonchev–Trinajstić information content (AvgIpc) is 2.98. The standard InChI is InChI=1S/C13H16N2O3/c1-2-15-10-3-6-18-12(10)9-11(15)13(16)14-4-7-17-8-5-14/h3,6,9H,2,4-5,7-8H2,1H3. The highest BCUT2D eigenvalue weighted by Crippen LogP contribution is 2.22. The zero-order valence-electron chi connectivity index (χ0n) is 10.4. The van der Waals surface area contributed by atoms with Crippen molar-refractivity contribution in [2.24, 2.45) is 0 Å². The molecule has 1 fully saturated rings. The highest BCUT2D eigenvalue weighted by atomic mass is 16.5. The first kappa shape index (κ1) is 11.3. The van der Waals surface area contributed by atoms with E-state index in [1.807, 2.05) is 28.5 Å². The fraction of sp³-hybridized carbons (Fsp3) is 0.462. The normalized spacial score (nSPS) is 16.4. The van der Waals surface area contributed by atoms with Crippen molar-refractivity contribution >= 4 is 17.0 Å². The van der Waals surface area contributed by atoms with E-state index in [0.717, 1.165) is 17.6 Å². The predicted molar refractivity (Wildman–Crippen MR) is 66.6 cm³/mol. The number of aryl methyl sites for hydroxylation is 1. The van der Waals surface area contributed by atoms with E-state index in [1.54, 1.807) is 6.26 Å². The van der Waals surface area contributed by atoms with Crippen molar-refractivity contribution < 1.29 is 13.9 Å². The fourth-order valence-corrected chi connectivity index (χ4v) is 2.42. The second-order valence-electron chi connectivity index (χ2n) is 4.35. The Bertz CT molecular complexity index is 564. The van der Waals surface area contributed by atoms with Crippen LogP contribution in [-0.2, 0) is 11.3 Å². The van der Waals surface area contributed by atoms with Crippen LogP contribution in [0.25, 0.3) is 11.1 Å². The highest BCUT2D eigenvalue weighted by Gasteiger charge is 2.23. The van der Waals surface area contributed by atoms with Crippen molar-refractivity contribution in [2.75, 3.05) is 26.3 Å². The van der Waals surface area contributed by atoms with Crippen molar-refractivity contribution in [3.8, 4) is 0 Å². The number of carbonyl (C=O) groups is 1. The third-order valence-electron chi connectivity index (χ3n) is 3.36. The number of amides is 1. The second-order valence-corrected chi connectivity index (χ2v) is 4.35. The molecule has 18 heavy (non-hydrogen) atoms. The van der Waals surface area contributed by atoms with Crippen molar-refractivity contribution in [1.29, 1.82) is 0 Å². The SMILES string of the molecule is CCn1c(C(=O)N2CCOCC2)cc2occc21. The number of rotatable bonds is 2. The molecular formula is C13H16N2O3. The lowest BCUT2D eigenvalue weighted by atomic mass is 10.3. The molecule has 1 saturated heterocycles. The van der Waals surface area contributed by atoms with Crippen LogP contribution in [0.4, 0.5) is 0 Å². The molecule has 96 valence electrons. The lowest BCUT2D eigenvalue weighted by molar-refractivity contribution is 0.0296. The quantitative estimate of drug-likeness (QED) is 0.813. The molecule has 0 atom stereocenters. The van der Waals surface area contributed by atoms with Crippen LogP contribution < -0.4 is 0 Å². The third-order valence-corrected chi connectivity index (χ3v) is 3.36. The van der Waals surface area contributed by atoms with Crippen LogP contribution in [-0.4, -0.2) is 41.7 Å². The first-order valence-corrected chi connectivity index (χ1v) is 6.25. The minimum atomic E-state index is 0.0616. The monoisotopic (exact) mass is 248 g/mol. The van der Waals surface area contributed by atoms with Crippen LogP contribution >= 0.6 is 0 Å². The summed E-state index contributed by atoms with van der Waals surface area (Å²) >= 11 is 0. The maximum Gasteiger partial charge on any atom is 0.270 e. The molecule has 3 heterocycles. The number of furan rings is 1. The molecule has 0 aliphatic carbocycles. The van der Waals surface area contributed by atoms with Gasteiger partial charge in [-0.1, -0.05) is 0 Å². The van der Waals surface area contributed by atoms with Crippen molar-refractivity contribution in [1.82, 2.24) is 9.47 Å². The van der Waals surface area contributed by atoms with E-state index in [-0.39, 0.29) is 5.91 Å². The molecule has 0 spiro atoms.